The number of unbranched alkanes of at least 4 members (excludes halogenated alkanes) is 1. The lowest BCUT2D eigenvalue weighted by molar-refractivity contribution is 0.233. The van der Waals surface area contributed by atoms with Gasteiger partial charge in [-0.3, -0.25) is 0 Å². The molecule has 0 saturated carbocycles. The van der Waals surface area contributed by atoms with E-state index in [1.54, 1.807) is 0 Å². The topological polar surface area (TPSA) is 35.2 Å². The van der Waals surface area contributed by atoms with Crippen LogP contribution in [0.15, 0.2) is 18.2 Å². The number of aryl methyl sites for hydroxylation is 1. The number of nitrogen functional groups attached to an aromatic ring is 1. The maximum Gasteiger partial charge on any atom is 0.121 e. The highest BCUT2D eigenvalue weighted by molar-refractivity contribution is 5.47. The van der Waals surface area contributed by atoms with Gasteiger partial charge in [-0.05, 0) is 37.0 Å². The van der Waals surface area contributed by atoms with E-state index in [1.165, 1.54) is 25.7 Å². The summed E-state index contributed by atoms with van der Waals surface area (Å²) < 4.78 is 5.84. The molecule has 2 nitrogen and oxygen atoms in total. The molecule has 1 aromatic carbocycles. The molecule has 0 aliphatic carbocycles. The van der Waals surface area contributed by atoms with Crippen LogP contribution >= 0.6 is 0 Å². The van der Waals surface area contributed by atoms with Gasteiger partial charge in [-0.25, -0.2) is 0 Å². The average Bonchev–Trinajstić information content (AvgIpc) is 2.28. The second-order valence-electron chi connectivity index (χ2n) is 4.81. The van der Waals surface area contributed by atoms with Gasteiger partial charge < -0.3 is 10.5 Å². The third-order valence-electron chi connectivity index (χ3n) is 3.10. The quantitative estimate of drug-likeness (QED) is 0.720. The van der Waals surface area contributed by atoms with Gasteiger partial charge in [0.15, 0.2) is 0 Å². The van der Waals surface area contributed by atoms with Gasteiger partial charge in [0.2, 0.25) is 0 Å². The van der Waals surface area contributed by atoms with Gasteiger partial charge in [0.1, 0.15) is 5.75 Å². The molecule has 1 aromatic rings. The van der Waals surface area contributed by atoms with Gasteiger partial charge in [0.05, 0.1) is 6.61 Å². The highest BCUT2D eigenvalue weighted by atomic mass is 16.5. The van der Waals surface area contributed by atoms with E-state index in [-0.39, 0.29) is 0 Å². The van der Waals surface area contributed by atoms with Crippen molar-refractivity contribution >= 4 is 5.69 Å². The zero-order chi connectivity index (χ0) is 12.7. The maximum absolute atomic E-state index is 5.84. The second-order valence-corrected chi connectivity index (χ2v) is 4.81. The molecule has 0 heterocycles. The third kappa shape index (κ3) is 5.12. The van der Waals surface area contributed by atoms with Crippen LogP contribution in [0.2, 0.25) is 0 Å². The van der Waals surface area contributed by atoms with Gasteiger partial charge >= 0.3 is 0 Å². The molecular weight excluding hydrogens is 210 g/mol. The molecule has 0 spiro atoms. The number of hydrogen-bond donors (Lipinski definition) is 1. The molecule has 0 aliphatic rings. The number of rotatable bonds is 7. The molecule has 1 unspecified atom stereocenters. The van der Waals surface area contributed by atoms with Crippen molar-refractivity contribution in [2.75, 3.05) is 12.3 Å². The molecule has 0 saturated heterocycles. The van der Waals surface area contributed by atoms with Crippen LogP contribution in [0.5, 0.6) is 5.75 Å². The highest BCUT2D eigenvalue weighted by Gasteiger charge is 2.07. The minimum atomic E-state index is 0.664. The van der Waals surface area contributed by atoms with Crippen molar-refractivity contribution in [2.24, 2.45) is 5.92 Å². The van der Waals surface area contributed by atoms with Gasteiger partial charge in [0.25, 0.3) is 0 Å². The Kier molecular flexibility index (Phi) is 5.88. The Morgan fingerprint density at radius 1 is 1.24 bits per heavy atom. The molecule has 0 radical (unpaired) electrons. The van der Waals surface area contributed by atoms with E-state index in [0.717, 1.165) is 23.6 Å². The van der Waals surface area contributed by atoms with Crippen LogP contribution in [0, 0.1) is 12.8 Å². The lowest BCUT2D eigenvalue weighted by Gasteiger charge is -2.16. The summed E-state index contributed by atoms with van der Waals surface area (Å²) in [7, 11) is 0. The zero-order valence-electron chi connectivity index (χ0n) is 11.3. The van der Waals surface area contributed by atoms with Crippen LogP contribution in [0.25, 0.3) is 0 Å². The number of hydrogen-bond acceptors (Lipinski definition) is 2. The standard InChI is InChI=1S/C15H25NO/c1-4-6-7-13(5-2)11-17-15-9-12(3)8-14(16)10-15/h8-10,13H,4-7,11,16H2,1-3H3. The molecule has 96 valence electrons. The van der Waals surface area contributed by atoms with Crippen LogP contribution in [0.4, 0.5) is 5.69 Å². The Morgan fingerprint density at radius 3 is 2.59 bits per heavy atom. The molecule has 2 N–H and O–H groups in total. The monoisotopic (exact) mass is 235 g/mol. The van der Waals surface area contributed by atoms with E-state index >= 15 is 0 Å². The summed E-state index contributed by atoms with van der Waals surface area (Å²) >= 11 is 0. The lowest BCUT2D eigenvalue weighted by atomic mass is 10.0. The number of benzene rings is 1. The van der Waals surface area contributed by atoms with E-state index < -0.39 is 0 Å². The first-order chi connectivity index (χ1) is 8.15. The Labute approximate surface area is 105 Å². The minimum Gasteiger partial charge on any atom is -0.493 e. The van der Waals surface area contributed by atoms with Crippen molar-refractivity contribution in [1.82, 2.24) is 0 Å². The fourth-order valence-corrected chi connectivity index (χ4v) is 1.97. The summed E-state index contributed by atoms with van der Waals surface area (Å²) in [4.78, 5) is 0. The van der Waals surface area contributed by atoms with E-state index in [2.05, 4.69) is 13.8 Å². The summed E-state index contributed by atoms with van der Waals surface area (Å²) in [6.07, 6.45) is 4.99. The van der Waals surface area contributed by atoms with E-state index in [1.807, 2.05) is 25.1 Å². The summed E-state index contributed by atoms with van der Waals surface area (Å²) in [5.41, 5.74) is 7.73. The normalized spacial score (nSPS) is 12.4. The van der Waals surface area contributed by atoms with E-state index in [0.29, 0.717) is 5.92 Å². The minimum absolute atomic E-state index is 0.664. The van der Waals surface area contributed by atoms with Crippen molar-refractivity contribution < 1.29 is 4.74 Å². The Hall–Kier alpha value is -1.18. The summed E-state index contributed by atoms with van der Waals surface area (Å²) in [6, 6.07) is 5.91. The molecule has 0 amide bonds. The molecular formula is C15H25NO. The zero-order valence-corrected chi connectivity index (χ0v) is 11.3. The predicted molar refractivity (Wildman–Crippen MR) is 74.4 cm³/mol. The van der Waals surface area contributed by atoms with Gasteiger partial charge in [0, 0.05) is 11.8 Å². The van der Waals surface area contributed by atoms with E-state index in [4.69, 9.17) is 10.5 Å². The molecule has 0 aliphatic heterocycles. The summed E-state index contributed by atoms with van der Waals surface area (Å²) in [6.45, 7) is 7.31. The number of nitrogens with two attached hydrogens (primary N) is 1. The Bertz CT molecular complexity index is 315. The van der Waals surface area contributed by atoms with Crippen molar-refractivity contribution in [3.05, 3.63) is 23.8 Å². The first-order valence-corrected chi connectivity index (χ1v) is 6.65. The molecule has 0 bridgehead atoms. The molecule has 1 rings (SSSR count). The molecule has 1 atom stereocenters. The lowest BCUT2D eigenvalue weighted by Crippen LogP contribution is -2.11. The van der Waals surface area contributed by atoms with Crippen LogP contribution < -0.4 is 10.5 Å². The van der Waals surface area contributed by atoms with Crippen LogP contribution in [-0.4, -0.2) is 6.61 Å². The Balaban J connectivity index is 2.47. The highest BCUT2D eigenvalue weighted by Crippen LogP contribution is 2.20. The SMILES string of the molecule is CCCCC(CC)COc1cc(C)cc(N)c1. The van der Waals surface area contributed by atoms with E-state index in [9.17, 15) is 0 Å². The largest absolute Gasteiger partial charge is 0.493 e. The fraction of sp³-hybridized carbons (Fsp3) is 0.600. The van der Waals surface area contributed by atoms with Crippen molar-refractivity contribution in [3.8, 4) is 5.75 Å². The molecule has 0 aromatic heterocycles. The molecule has 2 heteroatoms. The van der Waals surface area contributed by atoms with Crippen LogP contribution in [0.3, 0.4) is 0 Å². The second kappa shape index (κ2) is 7.21. The summed E-state index contributed by atoms with van der Waals surface area (Å²) in [5, 5.41) is 0. The molecule has 17 heavy (non-hydrogen) atoms. The van der Waals surface area contributed by atoms with Crippen molar-refractivity contribution in [2.45, 2.75) is 46.5 Å². The van der Waals surface area contributed by atoms with Crippen molar-refractivity contribution in [3.63, 3.8) is 0 Å². The summed E-state index contributed by atoms with van der Waals surface area (Å²) in [5.74, 6) is 1.56. The smallest absolute Gasteiger partial charge is 0.121 e. The van der Waals surface area contributed by atoms with Gasteiger partial charge in [-0.15, -0.1) is 0 Å². The van der Waals surface area contributed by atoms with Crippen LogP contribution in [0.1, 0.15) is 45.1 Å². The first-order valence-electron chi connectivity index (χ1n) is 6.65. The van der Waals surface area contributed by atoms with Gasteiger partial charge in [-0.2, -0.15) is 0 Å². The fourth-order valence-electron chi connectivity index (χ4n) is 1.97. The van der Waals surface area contributed by atoms with Gasteiger partial charge in [-0.1, -0.05) is 33.1 Å². The predicted octanol–water partition coefficient (Wildman–Crippen LogP) is 4.17. The maximum atomic E-state index is 5.84. The molecule has 0 fully saturated rings. The van der Waals surface area contributed by atoms with Crippen molar-refractivity contribution in [1.29, 1.82) is 0 Å². The first kappa shape index (κ1) is 13.9. The number of ether oxygens (including phenoxy) is 1. The van der Waals surface area contributed by atoms with Crippen LogP contribution in [-0.2, 0) is 0 Å². The Morgan fingerprint density at radius 2 is 2.00 bits per heavy atom. The number of anilines is 1. The third-order valence-corrected chi connectivity index (χ3v) is 3.10. The average molecular weight is 235 g/mol.